The molecule has 3 aromatic rings. The number of benzene rings is 2. The van der Waals surface area contributed by atoms with Gasteiger partial charge in [0.1, 0.15) is 11.5 Å². The van der Waals surface area contributed by atoms with E-state index in [0.717, 1.165) is 15.8 Å². The molecule has 0 aliphatic carbocycles. The summed E-state index contributed by atoms with van der Waals surface area (Å²) in [5, 5.41) is 10.5. The summed E-state index contributed by atoms with van der Waals surface area (Å²) in [4.78, 5) is 14.8. The van der Waals surface area contributed by atoms with E-state index in [9.17, 15) is 13.2 Å². The van der Waals surface area contributed by atoms with Crippen LogP contribution in [0.3, 0.4) is 0 Å². The molecule has 0 spiro atoms. The lowest BCUT2D eigenvalue weighted by molar-refractivity contribution is -0.136. The summed E-state index contributed by atoms with van der Waals surface area (Å²) in [5.74, 6) is -0.384. The minimum Gasteiger partial charge on any atom is -0.481 e. The van der Waals surface area contributed by atoms with Gasteiger partial charge in [-0.3, -0.25) is 4.79 Å². The van der Waals surface area contributed by atoms with Crippen LogP contribution in [-0.4, -0.2) is 24.5 Å². The second-order valence-corrected chi connectivity index (χ2v) is 9.60. The molecule has 0 amide bonds. The van der Waals surface area contributed by atoms with Crippen LogP contribution in [0, 0.1) is 0 Å². The quantitative estimate of drug-likeness (QED) is 0.556. The number of hydrogen-bond acceptors (Lipinski definition) is 6. The molecule has 0 aliphatic heterocycles. The molecular weight excluding hydrogens is 454 g/mol. The van der Waals surface area contributed by atoms with E-state index in [2.05, 4.69) is 20.9 Å². The molecule has 0 aliphatic rings. The number of sulfone groups is 1. The molecule has 1 aromatic heterocycles. The summed E-state index contributed by atoms with van der Waals surface area (Å²) in [6, 6.07) is 11.8. The average molecular weight is 468 g/mol. The van der Waals surface area contributed by atoms with Crippen LogP contribution in [0.15, 0.2) is 62.9 Å². The Hall–Kier alpha value is -2.23. The Labute approximate surface area is 168 Å². The van der Waals surface area contributed by atoms with E-state index < -0.39 is 15.8 Å². The smallest absolute Gasteiger partial charge is 0.307 e. The average Bonchev–Trinajstić information content (AvgIpc) is 3.12. The Bertz CT molecular complexity index is 1070. The minimum atomic E-state index is -3.60. The van der Waals surface area contributed by atoms with Crippen molar-refractivity contribution >= 4 is 43.1 Å². The molecule has 1 N–H and O–H groups in total. The van der Waals surface area contributed by atoms with Gasteiger partial charge in [-0.15, -0.1) is 11.3 Å². The monoisotopic (exact) mass is 467 g/mol. The zero-order chi connectivity index (χ0) is 19.4. The van der Waals surface area contributed by atoms with E-state index in [-0.39, 0.29) is 16.5 Å². The van der Waals surface area contributed by atoms with Crippen molar-refractivity contribution in [2.75, 3.05) is 0 Å². The van der Waals surface area contributed by atoms with Crippen molar-refractivity contribution in [2.24, 2.45) is 0 Å². The number of hydrogen-bond donors (Lipinski definition) is 1. The molecule has 9 heteroatoms. The van der Waals surface area contributed by atoms with Gasteiger partial charge in [0.05, 0.1) is 12.2 Å². The summed E-state index contributed by atoms with van der Waals surface area (Å²) in [7, 11) is -3.60. The lowest BCUT2D eigenvalue weighted by Crippen LogP contribution is -2.06. The summed E-state index contributed by atoms with van der Waals surface area (Å²) in [6.45, 7) is 0. The molecule has 2 aromatic carbocycles. The first kappa shape index (κ1) is 19.5. The number of aliphatic carboxylic acids is 1. The second-order valence-electron chi connectivity index (χ2n) is 5.63. The number of aromatic nitrogens is 1. The van der Waals surface area contributed by atoms with Crippen LogP contribution in [-0.2, 0) is 26.8 Å². The number of carboxylic acid groups (broad SMARTS) is 1. The van der Waals surface area contributed by atoms with Gasteiger partial charge in [0.15, 0.2) is 0 Å². The number of ether oxygens (including phenoxy) is 1. The Morgan fingerprint density at radius 3 is 2.74 bits per heavy atom. The maximum atomic E-state index is 12.6. The van der Waals surface area contributed by atoms with Crippen molar-refractivity contribution in [2.45, 2.75) is 16.5 Å². The Balaban J connectivity index is 1.90. The molecule has 0 saturated carbocycles. The van der Waals surface area contributed by atoms with E-state index in [4.69, 9.17) is 9.84 Å². The first-order valence-corrected chi connectivity index (χ1v) is 11.1. The predicted molar refractivity (Wildman–Crippen MR) is 105 cm³/mol. The van der Waals surface area contributed by atoms with Crippen LogP contribution in [0.2, 0.25) is 0 Å². The first-order valence-electron chi connectivity index (χ1n) is 7.73. The van der Waals surface area contributed by atoms with Gasteiger partial charge in [0, 0.05) is 21.6 Å². The Morgan fingerprint density at radius 1 is 1.22 bits per heavy atom. The maximum absolute atomic E-state index is 12.6. The molecule has 140 valence electrons. The summed E-state index contributed by atoms with van der Waals surface area (Å²) >= 11 is 4.41. The minimum absolute atomic E-state index is 0.0527. The normalized spacial score (nSPS) is 11.3. The van der Waals surface area contributed by atoms with Crippen LogP contribution in [0.1, 0.15) is 11.1 Å². The van der Waals surface area contributed by atoms with Gasteiger partial charge in [-0.1, -0.05) is 28.1 Å². The van der Waals surface area contributed by atoms with Crippen LogP contribution < -0.4 is 4.74 Å². The fourth-order valence-corrected chi connectivity index (χ4v) is 5.09. The lowest BCUT2D eigenvalue weighted by Gasteiger charge is -2.12. The van der Waals surface area contributed by atoms with Gasteiger partial charge in [-0.2, -0.15) is 0 Å². The maximum Gasteiger partial charge on any atom is 0.307 e. The van der Waals surface area contributed by atoms with Crippen LogP contribution in [0.4, 0.5) is 0 Å². The van der Waals surface area contributed by atoms with E-state index in [1.54, 1.807) is 47.8 Å². The largest absolute Gasteiger partial charge is 0.481 e. The number of rotatable bonds is 7. The van der Waals surface area contributed by atoms with Crippen LogP contribution >= 0.6 is 27.3 Å². The lowest BCUT2D eigenvalue weighted by atomic mass is 10.1. The standard InChI is InChI=1S/C18H14BrNO5S2/c19-14-4-5-16(25-15-3-1-2-12(8-15)9-17(21)22)13(10-14)11-27(23,24)18-20-6-7-26-18/h1-8,10H,9,11H2,(H,21,22). The fourth-order valence-electron chi connectivity index (χ4n) is 2.41. The zero-order valence-electron chi connectivity index (χ0n) is 13.8. The molecule has 0 saturated heterocycles. The fraction of sp³-hybridized carbons (Fsp3) is 0.111. The molecule has 0 fully saturated rings. The third-order valence-corrected chi connectivity index (χ3v) is 6.96. The van der Waals surface area contributed by atoms with Crippen molar-refractivity contribution in [3.63, 3.8) is 0 Å². The molecule has 6 nitrogen and oxygen atoms in total. The number of carbonyl (C=O) groups is 1. The van der Waals surface area contributed by atoms with Crippen molar-refractivity contribution in [3.05, 3.63) is 69.6 Å². The highest BCUT2D eigenvalue weighted by atomic mass is 79.9. The first-order chi connectivity index (χ1) is 12.8. The molecule has 27 heavy (non-hydrogen) atoms. The summed E-state index contributed by atoms with van der Waals surface area (Å²) in [5.41, 5.74) is 1.07. The van der Waals surface area contributed by atoms with Gasteiger partial charge >= 0.3 is 5.97 Å². The highest BCUT2D eigenvalue weighted by Crippen LogP contribution is 2.31. The number of nitrogens with zero attached hydrogens (tertiary/aromatic N) is 1. The highest BCUT2D eigenvalue weighted by molar-refractivity contribution is 9.10. The SMILES string of the molecule is O=C(O)Cc1cccc(Oc2ccc(Br)cc2CS(=O)(=O)c2nccs2)c1. The summed E-state index contributed by atoms with van der Waals surface area (Å²) < 4.78 is 31.8. The topological polar surface area (TPSA) is 93.6 Å². The van der Waals surface area contributed by atoms with E-state index in [0.29, 0.717) is 22.6 Å². The third kappa shape index (κ3) is 5.15. The highest BCUT2D eigenvalue weighted by Gasteiger charge is 2.21. The molecule has 1 heterocycles. The molecule has 3 rings (SSSR count). The second kappa shape index (κ2) is 8.20. The van der Waals surface area contributed by atoms with Gasteiger partial charge in [0.25, 0.3) is 0 Å². The van der Waals surface area contributed by atoms with Crippen molar-refractivity contribution in [1.82, 2.24) is 4.98 Å². The molecular formula is C18H14BrNO5S2. The Kier molecular flexibility index (Phi) is 5.93. The third-order valence-electron chi connectivity index (χ3n) is 3.53. The number of halogens is 1. The molecule has 0 unspecified atom stereocenters. The zero-order valence-corrected chi connectivity index (χ0v) is 17.1. The molecule has 0 radical (unpaired) electrons. The van der Waals surface area contributed by atoms with E-state index in [1.807, 2.05) is 0 Å². The predicted octanol–water partition coefficient (Wildman–Crippen LogP) is 4.30. The van der Waals surface area contributed by atoms with Crippen LogP contribution in [0.5, 0.6) is 11.5 Å². The van der Waals surface area contributed by atoms with Crippen molar-refractivity contribution < 1.29 is 23.1 Å². The van der Waals surface area contributed by atoms with Crippen molar-refractivity contribution in [1.29, 1.82) is 0 Å². The number of thiazole rings is 1. The van der Waals surface area contributed by atoms with Gasteiger partial charge in [-0.05, 0) is 35.9 Å². The van der Waals surface area contributed by atoms with Crippen LogP contribution in [0.25, 0.3) is 0 Å². The Morgan fingerprint density at radius 2 is 2.04 bits per heavy atom. The van der Waals surface area contributed by atoms with Gasteiger partial charge < -0.3 is 9.84 Å². The molecule has 0 atom stereocenters. The van der Waals surface area contributed by atoms with E-state index >= 15 is 0 Å². The van der Waals surface area contributed by atoms with Gasteiger partial charge in [0.2, 0.25) is 14.2 Å². The van der Waals surface area contributed by atoms with Gasteiger partial charge in [-0.25, -0.2) is 13.4 Å². The van der Waals surface area contributed by atoms with E-state index in [1.165, 1.54) is 6.20 Å². The molecule has 0 bridgehead atoms. The number of carboxylic acids is 1. The van der Waals surface area contributed by atoms with Crippen molar-refractivity contribution in [3.8, 4) is 11.5 Å². The summed E-state index contributed by atoms with van der Waals surface area (Å²) in [6.07, 6.45) is 1.33.